The summed E-state index contributed by atoms with van der Waals surface area (Å²) in [5.41, 5.74) is 1.22. The number of hydrogen-bond donors (Lipinski definition) is 2. The Labute approximate surface area is 194 Å². The lowest BCUT2D eigenvalue weighted by molar-refractivity contribution is -0.129. The van der Waals surface area contributed by atoms with Gasteiger partial charge in [-0.2, -0.15) is 0 Å². The fourth-order valence-corrected chi connectivity index (χ4v) is 4.02. The van der Waals surface area contributed by atoms with E-state index in [9.17, 15) is 4.79 Å². The summed E-state index contributed by atoms with van der Waals surface area (Å²) < 4.78 is 0. The fraction of sp³-hybridized carbons (Fsp3) is 0.429. The van der Waals surface area contributed by atoms with Crippen LogP contribution >= 0.6 is 35.3 Å². The van der Waals surface area contributed by atoms with E-state index in [-0.39, 0.29) is 36.4 Å². The highest BCUT2D eigenvalue weighted by Crippen LogP contribution is 2.16. The van der Waals surface area contributed by atoms with Crippen molar-refractivity contribution in [2.45, 2.75) is 20.4 Å². The molecule has 1 amide bonds. The van der Waals surface area contributed by atoms with Crippen molar-refractivity contribution in [1.82, 2.24) is 15.5 Å². The lowest BCUT2D eigenvalue weighted by Gasteiger charge is -2.36. The number of aryl methyl sites for hydroxylation is 1. The molecule has 0 radical (unpaired) electrons. The highest BCUT2D eigenvalue weighted by molar-refractivity contribution is 14.0. The molecule has 0 aliphatic carbocycles. The highest BCUT2D eigenvalue weighted by Gasteiger charge is 2.20. The van der Waals surface area contributed by atoms with Gasteiger partial charge in [0.2, 0.25) is 5.91 Å². The van der Waals surface area contributed by atoms with E-state index in [1.165, 1.54) is 15.4 Å². The minimum absolute atomic E-state index is 0. The summed E-state index contributed by atoms with van der Waals surface area (Å²) in [5, 5.41) is 6.52. The number of piperazine rings is 1. The first kappa shape index (κ1) is 23.5. The van der Waals surface area contributed by atoms with Crippen LogP contribution in [0.15, 0.2) is 47.5 Å². The Balaban J connectivity index is 0.00000300. The molecule has 6 nitrogen and oxygen atoms in total. The molecule has 1 aromatic heterocycles. The molecular formula is C21H30IN5OS. The van der Waals surface area contributed by atoms with Gasteiger partial charge in [-0.25, -0.2) is 4.99 Å². The third kappa shape index (κ3) is 7.18. The van der Waals surface area contributed by atoms with Gasteiger partial charge in [0.1, 0.15) is 6.54 Å². The zero-order valence-corrected chi connectivity index (χ0v) is 20.2. The van der Waals surface area contributed by atoms with Crippen LogP contribution in [-0.2, 0) is 11.3 Å². The first-order valence-corrected chi connectivity index (χ1v) is 10.6. The number of carbonyl (C=O) groups is 1. The number of aliphatic imine (C=N–C) groups is 1. The van der Waals surface area contributed by atoms with E-state index in [1.54, 1.807) is 11.3 Å². The van der Waals surface area contributed by atoms with Gasteiger partial charge in [-0.1, -0.05) is 18.2 Å². The van der Waals surface area contributed by atoms with Crippen LogP contribution in [-0.4, -0.2) is 56.0 Å². The molecule has 3 rings (SSSR count). The van der Waals surface area contributed by atoms with Crippen molar-refractivity contribution < 1.29 is 4.79 Å². The average molecular weight is 527 g/mol. The third-order valence-corrected chi connectivity index (χ3v) is 5.70. The molecule has 2 heterocycles. The number of thiophene rings is 1. The SMILES string of the molecule is CCNC(=NCC(=O)N1CCN(c2ccccc2)CC1)NCc1ccc(C)s1.I. The molecule has 158 valence electrons. The molecule has 0 atom stereocenters. The Morgan fingerprint density at radius 1 is 1.07 bits per heavy atom. The van der Waals surface area contributed by atoms with Crippen LogP contribution in [0, 0.1) is 6.92 Å². The second-order valence-electron chi connectivity index (χ2n) is 6.76. The van der Waals surface area contributed by atoms with Gasteiger partial charge in [-0.3, -0.25) is 4.79 Å². The van der Waals surface area contributed by atoms with Crippen molar-refractivity contribution in [2.24, 2.45) is 4.99 Å². The summed E-state index contributed by atoms with van der Waals surface area (Å²) in [5.74, 6) is 0.765. The van der Waals surface area contributed by atoms with Crippen molar-refractivity contribution in [2.75, 3.05) is 44.2 Å². The van der Waals surface area contributed by atoms with Crippen LogP contribution in [0.1, 0.15) is 16.7 Å². The van der Waals surface area contributed by atoms with Crippen molar-refractivity contribution in [1.29, 1.82) is 0 Å². The molecule has 0 spiro atoms. The second-order valence-corrected chi connectivity index (χ2v) is 8.14. The Bertz CT molecular complexity index is 787. The van der Waals surface area contributed by atoms with Gasteiger partial charge in [0.15, 0.2) is 5.96 Å². The number of amides is 1. The average Bonchev–Trinajstić information content (AvgIpc) is 3.16. The van der Waals surface area contributed by atoms with E-state index in [1.807, 2.05) is 30.0 Å². The number of carbonyl (C=O) groups excluding carboxylic acids is 1. The van der Waals surface area contributed by atoms with Gasteiger partial charge in [-0.15, -0.1) is 35.3 Å². The number of rotatable bonds is 6. The first-order valence-electron chi connectivity index (χ1n) is 9.81. The number of guanidine groups is 1. The molecule has 0 saturated carbocycles. The van der Waals surface area contributed by atoms with Gasteiger partial charge < -0.3 is 20.4 Å². The molecule has 29 heavy (non-hydrogen) atoms. The fourth-order valence-electron chi connectivity index (χ4n) is 3.19. The van der Waals surface area contributed by atoms with Crippen molar-refractivity contribution in [3.05, 3.63) is 52.2 Å². The van der Waals surface area contributed by atoms with Gasteiger partial charge in [-0.05, 0) is 38.1 Å². The van der Waals surface area contributed by atoms with Crippen LogP contribution in [0.25, 0.3) is 0 Å². The Kier molecular flexibility index (Phi) is 9.72. The molecule has 1 aliphatic heterocycles. The summed E-state index contributed by atoms with van der Waals surface area (Å²) in [6.45, 7) is 8.97. The van der Waals surface area contributed by atoms with E-state index in [0.29, 0.717) is 12.5 Å². The largest absolute Gasteiger partial charge is 0.368 e. The first-order chi connectivity index (χ1) is 13.7. The minimum Gasteiger partial charge on any atom is -0.368 e. The summed E-state index contributed by atoms with van der Waals surface area (Å²) in [4.78, 5) is 23.8. The molecule has 8 heteroatoms. The molecule has 1 aliphatic rings. The Morgan fingerprint density at radius 2 is 1.79 bits per heavy atom. The molecule has 1 aromatic carbocycles. The topological polar surface area (TPSA) is 60.0 Å². The predicted molar refractivity (Wildman–Crippen MR) is 133 cm³/mol. The van der Waals surface area contributed by atoms with Crippen LogP contribution in [0.5, 0.6) is 0 Å². The number of benzene rings is 1. The normalized spacial score (nSPS) is 14.3. The van der Waals surface area contributed by atoms with Gasteiger partial charge >= 0.3 is 0 Å². The minimum atomic E-state index is 0. The van der Waals surface area contributed by atoms with E-state index >= 15 is 0 Å². The number of nitrogens with one attached hydrogen (secondary N) is 2. The standard InChI is InChI=1S/C21H29N5OS.HI/c1-3-22-21(23-15-19-10-9-17(2)28-19)24-16-20(27)26-13-11-25(12-14-26)18-7-5-4-6-8-18;/h4-10H,3,11-16H2,1-2H3,(H2,22,23,24);1H. The molecule has 2 aromatic rings. The molecule has 0 bridgehead atoms. The van der Waals surface area contributed by atoms with E-state index in [0.717, 1.165) is 32.7 Å². The number of hydrogen-bond acceptors (Lipinski definition) is 4. The smallest absolute Gasteiger partial charge is 0.244 e. The lowest BCUT2D eigenvalue weighted by atomic mass is 10.2. The number of nitrogens with zero attached hydrogens (tertiary/aromatic N) is 3. The number of halogens is 1. The zero-order valence-electron chi connectivity index (χ0n) is 17.1. The van der Waals surface area contributed by atoms with Gasteiger partial charge in [0.25, 0.3) is 0 Å². The van der Waals surface area contributed by atoms with Gasteiger partial charge in [0.05, 0.1) is 6.54 Å². The number of anilines is 1. The Hall–Kier alpha value is -1.81. The van der Waals surface area contributed by atoms with Crippen LogP contribution < -0.4 is 15.5 Å². The summed E-state index contributed by atoms with van der Waals surface area (Å²) in [6.07, 6.45) is 0. The molecule has 2 N–H and O–H groups in total. The van der Waals surface area contributed by atoms with Crippen LogP contribution in [0.3, 0.4) is 0 Å². The number of para-hydroxylation sites is 1. The van der Waals surface area contributed by atoms with Crippen LogP contribution in [0.4, 0.5) is 5.69 Å². The maximum atomic E-state index is 12.6. The van der Waals surface area contributed by atoms with E-state index < -0.39 is 0 Å². The van der Waals surface area contributed by atoms with Crippen LogP contribution in [0.2, 0.25) is 0 Å². The maximum Gasteiger partial charge on any atom is 0.244 e. The van der Waals surface area contributed by atoms with Crippen molar-refractivity contribution in [3.8, 4) is 0 Å². The summed E-state index contributed by atoms with van der Waals surface area (Å²) >= 11 is 1.77. The van der Waals surface area contributed by atoms with E-state index in [2.05, 4.69) is 51.7 Å². The second kappa shape index (κ2) is 12.0. The maximum absolute atomic E-state index is 12.6. The molecule has 1 saturated heterocycles. The Morgan fingerprint density at radius 3 is 2.41 bits per heavy atom. The third-order valence-electron chi connectivity index (χ3n) is 4.70. The van der Waals surface area contributed by atoms with Gasteiger partial charge in [0, 0.05) is 48.2 Å². The lowest BCUT2D eigenvalue weighted by Crippen LogP contribution is -2.49. The van der Waals surface area contributed by atoms with Crippen molar-refractivity contribution in [3.63, 3.8) is 0 Å². The predicted octanol–water partition coefficient (Wildman–Crippen LogP) is 3.08. The molecule has 0 unspecified atom stereocenters. The molecule has 1 fully saturated rings. The zero-order chi connectivity index (χ0) is 19.8. The van der Waals surface area contributed by atoms with Crippen molar-refractivity contribution >= 4 is 52.9 Å². The highest BCUT2D eigenvalue weighted by atomic mass is 127. The van der Waals surface area contributed by atoms with E-state index in [4.69, 9.17) is 0 Å². The monoisotopic (exact) mass is 527 g/mol. The summed E-state index contributed by atoms with van der Waals surface area (Å²) in [7, 11) is 0. The summed E-state index contributed by atoms with van der Waals surface area (Å²) in [6, 6.07) is 14.6. The molecular weight excluding hydrogens is 497 g/mol. The quantitative estimate of drug-likeness (QED) is 0.345.